The number of nitrogens with zero attached hydrogens (tertiary/aromatic N) is 1. The fraction of sp³-hybridized carbons (Fsp3) is 0.800. The largest absolute Gasteiger partial charge is 0.474 e. The molecule has 0 bridgehead atoms. The lowest BCUT2D eigenvalue weighted by Crippen LogP contribution is -1.99. The first kappa shape index (κ1) is 11.5. The molecule has 6 nitrogen and oxygen atoms in total. The Kier molecular flexibility index (Phi) is 5.80. The minimum atomic E-state index is -3.41. The Hall–Kier alpha value is -0.510. The molecule has 0 aliphatic rings. The molecule has 0 saturated heterocycles. The van der Waals surface area contributed by atoms with E-state index in [0.717, 1.165) is 0 Å². The van der Waals surface area contributed by atoms with Crippen LogP contribution in [-0.4, -0.2) is 33.5 Å². The van der Waals surface area contributed by atoms with Crippen LogP contribution < -0.4 is 0 Å². The summed E-state index contributed by atoms with van der Waals surface area (Å²) in [6.45, 7) is 0.0778. The first-order chi connectivity index (χ1) is 5.68. The molecule has 0 aromatic carbocycles. The van der Waals surface area contributed by atoms with Crippen molar-refractivity contribution in [2.75, 3.05) is 27.4 Å². The van der Waals surface area contributed by atoms with Gasteiger partial charge in [-0.1, -0.05) is 0 Å². The number of phosphoric ester groups is 1. The highest BCUT2D eigenvalue weighted by atomic mass is 31.2. The number of carbonyl (C=O) groups excluding carboxylic acids is 1. The molecule has 0 unspecified atom stereocenters. The number of hydrogen-bond acceptors (Lipinski definition) is 6. The minimum absolute atomic E-state index is 0.00576. The van der Waals surface area contributed by atoms with Crippen LogP contribution >= 0.6 is 7.82 Å². The normalized spacial score (nSPS) is 10.8. The van der Waals surface area contributed by atoms with Gasteiger partial charge in [0.05, 0.1) is 13.2 Å². The average molecular weight is 195 g/mol. The summed E-state index contributed by atoms with van der Waals surface area (Å²) in [6, 6.07) is 0. The van der Waals surface area contributed by atoms with Crippen LogP contribution in [0.1, 0.15) is 0 Å². The fourth-order valence-electron chi connectivity index (χ4n) is 0.424. The summed E-state index contributed by atoms with van der Waals surface area (Å²) in [5.41, 5.74) is 0. The monoisotopic (exact) mass is 195 g/mol. The highest BCUT2D eigenvalue weighted by Gasteiger charge is 2.21. The molecular weight excluding hydrogens is 185 g/mol. The van der Waals surface area contributed by atoms with E-state index >= 15 is 0 Å². The zero-order valence-corrected chi connectivity index (χ0v) is 7.74. The molecule has 12 heavy (non-hydrogen) atoms. The molecule has 0 aliphatic carbocycles. The van der Waals surface area contributed by atoms with Gasteiger partial charge in [-0.2, -0.15) is 0 Å². The molecule has 0 aliphatic heterocycles. The molecular formula is C5H10NO5P. The van der Waals surface area contributed by atoms with Crippen molar-refractivity contribution in [1.82, 2.24) is 0 Å². The Balaban J connectivity index is 3.73. The highest BCUT2D eigenvalue weighted by Crippen LogP contribution is 2.47. The molecule has 0 N–H and O–H groups in total. The molecule has 70 valence electrons. The number of rotatable bonds is 6. The molecule has 0 rings (SSSR count). The van der Waals surface area contributed by atoms with Crippen molar-refractivity contribution in [3.8, 4) is 0 Å². The summed E-state index contributed by atoms with van der Waals surface area (Å²) in [5.74, 6) is 0. The van der Waals surface area contributed by atoms with Gasteiger partial charge in [-0.25, -0.2) is 14.4 Å². The van der Waals surface area contributed by atoms with Gasteiger partial charge in [0, 0.05) is 14.2 Å². The van der Waals surface area contributed by atoms with Crippen LogP contribution in [0.4, 0.5) is 0 Å². The molecule has 0 aromatic heterocycles. The van der Waals surface area contributed by atoms with E-state index in [0.29, 0.717) is 0 Å². The van der Waals surface area contributed by atoms with Crippen molar-refractivity contribution in [2.24, 2.45) is 4.99 Å². The predicted octanol–water partition coefficient (Wildman–Crippen LogP) is 0.740. The lowest BCUT2D eigenvalue weighted by molar-refractivity contribution is 0.155. The molecule has 0 radical (unpaired) electrons. The van der Waals surface area contributed by atoms with Gasteiger partial charge in [-0.15, -0.1) is 0 Å². The summed E-state index contributed by atoms with van der Waals surface area (Å²) >= 11 is 0. The summed E-state index contributed by atoms with van der Waals surface area (Å²) < 4.78 is 24.7. The van der Waals surface area contributed by atoms with Crippen LogP contribution in [0.5, 0.6) is 0 Å². The molecule has 0 saturated carbocycles. The number of isocyanates is 1. The summed E-state index contributed by atoms with van der Waals surface area (Å²) in [7, 11) is -1.01. The molecule has 7 heteroatoms. The number of phosphoric acid groups is 1. The van der Waals surface area contributed by atoms with E-state index < -0.39 is 7.82 Å². The Morgan fingerprint density at radius 2 is 2.00 bits per heavy atom. The van der Waals surface area contributed by atoms with Gasteiger partial charge in [-0.3, -0.25) is 13.6 Å². The summed E-state index contributed by atoms with van der Waals surface area (Å²) in [6.07, 6.45) is 1.31. The van der Waals surface area contributed by atoms with Crippen LogP contribution in [0.15, 0.2) is 4.99 Å². The van der Waals surface area contributed by atoms with Gasteiger partial charge in [0.15, 0.2) is 0 Å². The quantitative estimate of drug-likeness (QED) is 0.270. The Labute approximate surface area is 70.1 Å². The van der Waals surface area contributed by atoms with E-state index in [1.165, 1.54) is 20.3 Å². The van der Waals surface area contributed by atoms with Crippen LogP contribution in [0.3, 0.4) is 0 Å². The first-order valence-corrected chi connectivity index (χ1v) is 4.54. The second kappa shape index (κ2) is 6.06. The predicted molar refractivity (Wildman–Crippen MR) is 40.6 cm³/mol. The standard InChI is InChI=1S/C5H10NO5P/c1-9-12(8,10-2)11-4-3-6-5-7/h3-4H2,1-2H3. The highest BCUT2D eigenvalue weighted by molar-refractivity contribution is 7.48. The Morgan fingerprint density at radius 3 is 2.42 bits per heavy atom. The Bertz CT molecular complexity index is 204. The van der Waals surface area contributed by atoms with Gasteiger partial charge in [0.25, 0.3) is 0 Å². The SMILES string of the molecule is COP(=O)(OC)OCCN=C=O. The van der Waals surface area contributed by atoms with E-state index in [9.17, 15) is 9.36 Å². The van der Waals surface area contributed by atoms with E-state index in [4.69, 9.17) is 0 Å². The molecule has 0 aromatic rings. The molecule has 0 spiro atoms. The van der Waals surface area contributed by atoms with Crippen LogP contribution in [0.25, 0.3) is 0 Å². The Morgan fingerprint density at radius 1 is 1.42 bits per heavy atom. The molecule has 0 heterocycles. The molecule has 0 fully saturated rings. The number of aliphatic imine (C=N–C) groups is 1. The average Bonchev–Trinajstić information content (AvgIpc) is 2.12. The van der Waals surface area contributed by atoms with E-state index in [1.54, 1.807) is 0 Å². The van der Waals surface area contributed by atoms with E-state index in [2.05, 4.69) is 18.6 Å². The second-order valence-corrected chi connectivity index (χ2v) is 3.50. The lowest BCUT2D eigenvalue weighted by Gasteiger charge is -2.11. The first-order valence-electron chi connectivity index (χ1n) is 3.08. The van der Waals surface area contributed by atoms with Crippen molar-refractivity contribution in [2.45, 2.75) is 0 Å². The minimum Gasteiger partial charge on any atom is -0.290 e. The van der Waals surface area contributed by atoms with Gasteiger partial charge in [0.1, 0.15) is 0 Å². The van der Waals surface area contributed by atoms with Crippen LogP contribution in [0, 0.1) is 0 Å². The maximum atomic E-state index is 11.1. The zero-order valence-electron chi connectivity index (χ0n) is 6.85. The van der Waals surface area contributed by atoms with E-state index in [-0.39, 0.29) is 13.2 Å². The van der Waals surface area contributed by atoms with Gasteiger partial charge < -0.3 is 0 Å². The topological polar surface area (TPSA) is 74.2 Å². The third-order valence-electron chi connectivity index (χ3n) is 0.964. The smallest absolute Gasteiger partial charge is 0.290 e. The zero-order chi connectivity index (χ0) is 9.45. The summed E-state index contributed by atoms with van der Waals surface area (Å²) in [5, 5.41) is 0. The maximum absolute atomic E-state index is 11.1. The lowest BCUT2D eigenvalue weighted by atomic mass is 10.7. The fourth-order valence-corrected chi connectivity index (χ4v) is 1.09. The van der Waals surface area contributed by atoms with Crippen LogP contribution in [0.2, 0.25) is 0 Å². The van der Waals surface area contributed by atoms with E-state index in [1.807, 2.05) is 0 Å². The van der Waals surface area contributed by atoms with Crippen molar-refractivity contribution >= 4 is 13.9 Å². The number of hydrogen-bond donors (Lipinski definition) is 0. The third-order valence-corrected chi connectivity index (χ3v) is 2.36. The second-order valence-electron chi connectivity index (χ2n) is 1.62. The van der Waals surface area contributed by atoms with Crippen molar-refractivity contribution in [3.63, 3.8) is 0 Å². The van der Waals surface area contributed by atoms with Gasteiger partial charge in [0.2, 0.25) is 6.08 Å². The summed E-state index contributed by atoms with van der Waals surface area (Å²) in [4.78, 5) is 12.8. The van der Waals surface area contributed by atoms with Gasteiger partial charge in [-0.05, 0) is 0 Å². The van der Waals surface area contributed by atoms with Crippen molar-refractivity contribution in [1.29, 1.82) is 0 Å². The molecule has 0 amide bonds. The van der Waals surface area contributed by atoms with Gasteiger partial charge >= 0.3 is 7.82 Å². The maximum Gasteiger partial charge on any atom is 0.474 e. The third kappa shape index (κ3) is 4.38. The van der Waals surface area contributed by atoms with Crippen molar-refractivity contribution in [3.05, 3.63) is 0 Å². The van der Waals surface area contributed by atoms with Crippen molar-refractivity contribution < 1.29 is 22.9 Å². The molecule has 0 atom stereocenters. The van der Waals surface area contributed by atoms with Crippen LogP contribution in [-0.2, 0) is 22.9 Å².